The summed E-state index contributed by atoms with van der Waals surface area (Å²) in [6, 6.07) is 7.32. The Bertz CT molecular complexity index is 645. The van der Waals surface area contributed by atoms with Crippen LogP contribution >= 0.6 is 34.2 Å². The molecule has 0 bridgehead atoms. The minimum Gasteiger partial charge on any atom is -0.382 e. The normalized spacial score (nSPS) is 10.1. The van der Waals surface area contributed by atoms with Gasteiger partial charge < -0.3 is 11.5 Å². The first-order chi connectivity index (χ1) is 8.51. The van der Waals surface area contributed by atoms with Gasteiger partial charge in [0.25, 0.3) is 0 Å². The summed E-state index contributed by atoms with van der Waals surface area (Å²) in [6.45, 7) is 0. The maximum absolute atomic E-state index is 9.10. The number of aromatic nitrogens is 2. The summed E-state index contributed by atoms with van der Waals surface area (Å²) in [7, 11) is 0. The van der Waals surface area contributed by atoms with Gasteiger partial charge in [-0.05, 0) is 40.8 Å². The van der Waals surface area contributed by atoms with Gasteiger partial charge in [-0.1, -0.05) is 11.6 Å². The van der Waals surface area contributed by atoms with Crippen molar-refractivity contribution in [1.82, 2.24) is 9.97 Å². The van der Waals surface area contributed by atoms with E-state index < -0.39 is 0 Å². The summed E-state index contributed by atoms with van der Waals surface area (Å²) in [6.07, 6.45) is 0. The Labute approximate surface area is 122 Å². The lowest BCUT2D eigenvalue weighted by Gasteiger charge is -2.07. The molecule has 90 valence electrons. The van der Waals surface area contributed by atoms with Gasteiger partial charge in [-0.2, -0.15) is 10.2 Å². The molecule has 0 aliphatic rings. The molecule has 0 saturated carbocycles. The van der Waals surface area contributed by atoms with Crippen molar-refractivity contribution < 1.29 is 0 Å². The highest BCUT2D eigenvalue weighted by Gasteiger charge is 2.13. The number of rotatable bonds is 1. The zero-order chi connectivity index (χ0) is 13.3. The molecule has 0 atom stereocenters. The molecule has 0 fully saturated rings. The lowest BCUT2D eigenvalue weighted by Crippen LogP contribution is -2.05. The van der Waals surface area contributed by atoms with Gasteiger partial charge in [-0.3, -0.25) is 0 Å². The third-order valence-corrected chi connectivity index (χ3v) is 3.04. The molecule has 0 unspecified atom stereocenters. The van der Waals surface area contributed by atoms with E-state index in [-0.39, 0.29) is 17.3 Å². The van der Waals surface area contributed by atoms with Gasteiger partial charge in [-0.25, -0.2) is 4.98 Å². The average Bonchev–Trinajstić information content (AvgIpc) is 2.26. The molecular weight excluding hydrogens is 365 g/mol. The highest BCUT2D eigenvalue weighted by Crippen LogP contribution is 2.29. The van der Waals surface area contributed by atoms with Gasteiger partial charge in [0.2, 0.25) is 5.95 Å². The predicted molar refractivity (Wildman–Crippen MR) is 78.7 cm³/mol. The second-order valence-corrected chi connectivity index (χ2v) is 5.14. The number of hydrogen-bond acceptors (Lipinski definition) is 5. The summed E-state index contributed by atoms with van der Waals surface area (Å²) in [4.78, 5) is 7.82. The standard InChI is InChI=1S/C11H7ClIN5/c12-6-1-5(2-7(13)3-6)9-8(4-14)10(15)18-11(16)17-9/h1-3H,(H4,15,16,17,18). The number of nitrogens with zero attached hydrogens (tertiary/aromatic N) is 3. The minimum atomic E-state index is 0.0245. The maximum atomic E-state index is 9.10. The van der Waals surface area contributed by atoms with E-state index >= 15 is 0 Å². The van der Waals surface area contributed by atoms with Crippen LogP contribution in [0, 0.1) is 14.9 Å². The van der Waals surface area contributed by atoms with Gasteiger partial charge in [0, 0.05) is 14.2 Å². The predicted octanol–water partition coefficient (Wildman–Crippen LogP) is 2.44. The molecule has 0 radical (unpaired) electrons. The van der Waals surface area contributed by atoms with Gasteiger partial charge in [0.05, 0.1) is 5.69 Å². The molecule has 1 heterocycles. The number of halogens is 2. The van der Waals surface area contributed by atoms with Crippen LogP contribution in [0.2, 0.25) is 5.02 Å². The van der Waals surface area contributed by atoms with Gasteiger partial charge in [0.1, 0.15) is 17.5 Å². The number of benzene rings is 1. The number of hydrogen-bond donors (Lipinski definition) is 2. The molecule has 7 heteroatoms. The van der Waals surface area contributed by atoms with Crippen LogP contribution in [0.1, 0.15) is 5.56 Å². The summed E-state index contributed by atoms with van der Waals surface area (Å²) < 4.78 is 0.926. The largest absolute Gasteiger partial charge is 0.382 e. The van der Waals surface area contributed by atoms with E-state index in [1.807, 2.05) is 12.1 Å². The van der Waals surface area contributed by atoms with Gasteiger partial charge in [-0.15, -0.1) is 0 Å². The Kier molecular flexibility index (Phi) is 3.54. The average molecular weight is 372 g/mol. The van der Waals surface area contributed by atoms with Crippen molar-refractivity contribution in [2.75, 3.05) is 11.5 Å². The third-order valence-electron chi connectivity index (χ3n) is 2.20. The molecule has 0 aliphatic heterocycles. The van der Waals surface area contributed by atoms with E-state index in [1.165, 1.54) is 0 Å². The van der Waals surface area contributed by atoms with Crippen molar-refractivity contribution in [1.29, 1.82) is 5.26 Å². The van der Waals surface area contributed by atoms with Crippen LogP contribution in [0.3, 0.4) is 0 Å². The lowest BCUT2D eigenvalue weighted by atomic mass is 10.1. The van der Waals surface area contributed by atoms with E-state index in [9.17, 15) is 0 Å². The first-order valence-electron chi connectivity index (χ1n) is 4.81. The highest BCUT2D eigenvalue weighted by atomic mass is 127. The van der Waals surface area contributed by atoms with Crippen molar-refractivity contribution >= 4 is 46.0 Å². The molecule has 0 spiro atoms. The van der Waals surface area contributed by atoms with Crippen LogP contribution in [-0.4, -0.2) is 9.97 Å². The Morgan fingerprint density at radius 3 is 2.56 bits per heavy atom. The van der Waals surface area contributed by atoms with Crippen molar-refractivity contribution in [3.63, 3.8) is 0 Å². The molecule has 4 N–H and O–H groups in total. The quantitative estimate of drug-likeness (QED) is 0.750. The Balaban J connectivity index is 2.74. The summed E-state index contributed by atoms with van der Waals surface area (Å²) in [5, 5.41) is 9.66. The fourth-order valence-corrected chi connectivity index (χ4v) is 2.60. The molecule has 18 heavy (non-hydrogen) atoms. The molecule has 2 aromatic rings. The fourth-order valence-electron chi connectivity index (χ4n) is 1.51. The van der Waals surface area contributed by atoms with Crippen molar-refractivity contribution in [3.05, 3.63) is 32.4 Å². The van der Waals surface area contributed by atoms with Crippen LogP contribution in [0.15, 0.2) is 18.2 Å². The van der Waals surface area contributed by atoms with Gasteiger partial charge in [0.15, 0.2) is 0 Å². The molecule has 0 saturated heterocycles. The third kappa shape index (κ3) is 2.47. The Hall–Kier alpha value is -1.59. The lowest BCUT2D eigenvalue weighted by molar-refractivity contribution is 1.18. The van der Waals surface area contributed by atoms with Crippen LogP contribution in [0.4, 0.5) is 11.8 Å². The second kappa shape index (κ2) is 4.96. The van der Waals surface area contributed by atoms with Crippen LogP contribution in [-0.2, 0) is 0 Å². The molecule has 0 aliphatic carbocycles. The van der Waals surface area contributed by atoms with E-state index in [1.54, 1.807) is 12.1 Å². The van der Waals surface area contributed by atoms with E-state index in [0.717, 1.165) is 3.57 Å². The summed E-state index contributed by atoms with van der Waals surface area (Å²) >= 11 is 8.11. The van der Waals surface area contributed by atoms with E-state index in [2.05, 4.69) is 32.6 Å². The zero-order valence-electron chi connectivity index (χ0n) is 8.98. The second-order valence-electron chi connectivity index (χ2n) is 3.46. The van der Waals surface area contributed by atoms with Crippen molar-refractivity contribution in [2.24, 2.45) is 0 Å². The number of nitriles is 1. The molecule has 2 rings (SSSR count). The first-order valence-corrected chi connectivity index (χ1v) is 6.26. The smallest absolute Gasteiger partial charge is 0.222 e. The molecule has 1 aromatic heterocycles. The van der Waals surface area contributed by atoms with Crippen molar-refractivity contribution in [3.8, 4) is 17.3 Å². The monoisotopic (exact) mass is 371 g/mol. The number of anilines is 2. The molecule has 5 nitrogen and oxygen atoms in total. The van der Waals surface area contributed by atoms with E-state index in [0.29, 0.717) is 16.3 Å². The van der Waals surface area contributed by atoms with Crippen LogP contribution in [0.25, 0.3) is 11.3 Å². The summed E-state index contributed by atoms with van der Waals surface area (Å²) in [5.41, 5.74) is 12.5. The van der Waals surface area contributed by atoms with Gasteiger partial charge >= 0.3 is 0 Å². The Morgan fingerprint density at radius 1 is 1.22 bits per heavy atom. The number of nitrogen functional groups attached to an aromatic ring is 2. The number of nitrogens with two attached hydrogens (primary N) is 2. The topological polar surface area (TPSA) is 102 Å². The molecule has 1 aromatic carbocycles. The Morgan fingerprint density at radius 2 is 1.94 bits per heavy atom. The zero-order valence-corrected chi connectivity index (χ0v) is 11.9. The van der Waals surface area contributed by atoms with Crippen LogP contribution < -0.4 is 11.5 Å². The SMILES string of the molecule is N#Cc1c(N)nc(N)nc1-c1cc(Cl)cc(I)c1. The fraction of sp³-hybridized carbons (Fsp3) is 0. The first kappa shape index (κ1) is 12.9. The molecular formula is C11H7ClIN5. The minimum absolute atomic E-state index is 0.0245. The van der Waals surface area contributed by atoms with Crippen molar-refractivity contribution in [2.45, 2.75) is 0 Å². The molecule has 0 amide bonds. The van der Waals surface area contributed by atoms with E-state index in [4.69, 9.17) is 28.3 Å². The summed E-state index contributed by atoms with van der Waals surface area (Å²) in [5.74, 6) is 0.0893. The highest BCUT2D eigenvalue weighted by molar-refractivity contribution is 14.1. The van der Waals surface area contributed by atoms with Crippen LogP contribution in [0.5, 0.6) is 0 Å². The maximum Gasteiger partial charge on any atom is 0.222 e.